The number of carbonyl (C=O) groups is 2. The van der Waals surface area contributed by atoms with E-state index in [0.29, 0.717) is 54.6 Å². The summed E-state index contributed by atoms with van der Waals surface area (Å²) in [5, 5.41) is 7.22. The second-order valence-corrected chi connectivity index (χ2v) is 9.67. The molecule has 0 radical (unpaired) electrons. The molecule has 1 N–H and O–H groups in total. The van der Waals surface area contributed by atoms with Crippen molar-refractivity contribution < 1.29 is 19.1 Å². The lowest BCUT2D eigenvalue weighted by atomic mass is 9.77. The highest BCUT2D eigenvalue weighted by Crippen LogP contribution is 2.44. The molecule has 1 aromatic heterocycles. The van der Waals surface area contributed by atoms with Crippen molar-refractivity contribution in [1.29, 1.82) is 0 Å². The Labute approximate surface area is 216 Å². The van der Waals surface area contributed by atoms with Crippen LogP contribution in [-0.2, 0) is 14.3 Å². The Morgan fingerprint density at radius 2 is 1.92 bits per heavy atom. The Balaban J connectivity index is 1.46. The Morgan fingerprint density at radius 1 is 1.19 bits per heavy atom. The Bertz CT molecular complexity index is 1210. The molecule has 1 spiro atoms. The van der Waals surface area contributed by atoms with Crippen molar-refractivity contribution in [2.75, 3.05) is 38.8 Å². The first-order chi connectivity index (χ1) is 17.3. The summed E-state index contributed by atoms with van der Waals surface area (Å²) in [6.07, 6.45) is 8.77. The molecule has 0 aliphatic carbocycles. The molecule has 0 bridgehead atoms. The van der Waals surface area contributed by atoms with E-state index in [1.54, 1.807) is 43.5 Å². The number of benzene rings is 1. The van der Waals surface area contributed by atoms with Gasteiger partial charge >= 0.3 is 0 Å². The smallest absolute Gasteiger partial charge is 0.255 e. The van der Waals surface area contributed by atoms with Crippen molar-refractivity contribution in [1.82, 2.24) is 15.1 Å². The molecule has 2 aliphatic rings. The van der Waals surface area contributed by atoms with Crippen molar-refractivity contribution in [3.05, 3.63) is 65.7 Å². The number of hydrogen-bond donors (Lipinski definition) is 1. The van der Waals surface area contributed by atoms with Crippen molar-refractivity contribution in [3.8, 4) is 16.9 Å². The van der Waals surface area contributed by atoms with Gasteiger partial charge in [-0.05, 0) is 50.5 Å². The van der Waals surface area contributed by atoms with Gasteiger partial charge in [-0.15, -0.1) is 0 Å². The van der Waals surface area contributed by atoms with Crippen LogP contribution in [-0.4, -0.2) is 60.8 Å². The van der Waals surface area contributed by atoms with Crippen LogP contribution in [0.25, 0.3) is 11.1 Å². The molecular formula is C27H31ClN4O4. The number of halogens is 1. The van der Waals surface area contributed by atoms with Gasteiger partial charge in [0.1, 0.15) is 11.5 Å². The molecule has 1 aromatic carbocycles. The van der Waals surface area contributed by atoms with Gasteiger partial charge in [-0.3, -0.25) is 14.7 Å². The van der Waals surface area contributed by atoms with Crippen LogP contribution in [0.3, 0.4) is 0 Å². The fourth-order valence-electron chi connectivity index (χ4n) is 4.90. The third-order valence-electron chi connectivity index (χ3n) is 7.13. The van der Waals surface area contributed by atoms with Gasteiger partial charge in [0, 0.05) is 53.7 Å². The molecule has 9 heteroatoms. The highest BCUT2D eigenvalue weighted by atomic mass is 35.5. The monoisotopic (exact) mass is 510 g/mol. The van der Waals surface area contributed by atoms with Crippen molar-refractivity contribution in [3.63, 3.8) is 0 Å². The molecule has 0 unspecified atom stereocenters. The minimum atomic E-state index is -0.465. The fraction of sp³-hybridized carbons (Fsp3) is 0.370. The average Bonchev–Trinajstić information content (AvgIpc) is 3.53. The van der Waals surface area contributed by atoms with Crippen LogP contribution in [0.15, 0.2) is 65.7 Å². The number of piperidine rings is 1. The van der Waals surface area contributed by atoms with Gasteiger partial charge in [0.15, 0.2) is 0 Å². The van der Waals surface area contributed by atoms with Gasteiger partial charge in [-0.25, -0.2) is 0 Å². The summed E-state index contributed by atoms with van der Waals surface area (Å²) in [6, 6.07) is 5.80. The number of amides is 2. The Hall–Kier alpha value is -3.52. The van der Waals surface area contributed by atoms with Crippen LogP contribution in [0.2, 0.25) is 0 Å². The third-order valence-corrected chi connectivity index (χ3v) is 7.33. The quantitative estimate of drug-likeness (QED) is 0.332. The standard InChI is InChI=1S/C27H31ClN4O4/c1-18(35-3)5-7-22(19(2)28)25(33)31-12-9-27(10-13-31)11-14-32(26(27)34)21-6-8-23(24(15-21)36-4)20-16-29-30-17-20/h5-8,15-17H,1,9-14H2,2-4H3,(H,29,30)/b7-5-,22-19-. The number of carbonyl (C=O) groups excluding carboxylic acids is 2. The number of aromatic amines is 1. The van der Waals surface area contributed by atoms with E-state index in [4.69, 9.17) is 21.1 Å². The summed E-state index contributed by atoms with van der Waals surface area (Å²) >= 11 is 6.22. The normalized spacial score (nSPS) is 18.1. The molecule has 8 nitrogen and oxygen atoms in total. The second kappa shape index (κ2) is 10.6. The first kappa shape index (κ1) is 25.6. The maximum atomic E-state index is 13.6. The molecule has 4 rings (SSSR count). The molecule has 0 saturated carbocycles. The molecule has 3 heterocycles. The average molecular weight is 511 g/mol. The number of nitrogens with one attached hydrogen (secondary N) is 1. The van der Waals surface area contributed by atoms with E-state index >= 15 is 0 Å². The van der Waals surface area contributed by atoms with E-state index in [2.05, 4.69) is 16.8 Å². The predicted molar refractivity (Wildman–Crippen MR) is 140 cm³/mol. The summed E-state index contributed by atoms with van der Waals surface area (Å²) < 4.78 is 10.6. The van der Waals surface area contributed by atoms with Gasteiger partial charge in [-0.1, -0.05) is 18.2 Å². The second-order valence-electron chi connectivity index (χ2n) is 9.10. The number of methoxy groups -OCH3 is 2. The van der Waals surface area contributed by atoms with E-state index in [1.165, 1.54) is 7.11 Å². The highest BCUT2D eigenvalue weighted by molar-refractivity contribution is 6.32. The van der Waals surface area contributed by atoms with Crippen LogP contribution in [0, 0.1) is 5.41 Å². The topological polar surface area (TPSA) is 87.8 Å². The summed E-state index contributed by atoms with van der Waals surface area (Å²) in [7, 11) is 3.13. The summed E-state index contributed by atoms with van der Waals surface area (Å²) in [5.74, 6) is 1.07. The lowest BCUT2D eigenvalue weighted by Crippen LogP contribution is -2.47. The number of nitrogens with zero attached hydrogens (tertiary/aromatic N) is 3. The molecule has 2 saturated heterocycles. The minimum Gasteiger partial charge on any atom is -0.497 e. The zero-order valence-corrected chi connectivity index (χ0v) is 21.6. The molecule has 190 valence electrons. The largest absolute Gasteiger partial charge is 0.497 e. The number of likely N-dealkylation sites (tertiary alicyclic amines) is 1. The van der Waals surface area contributed by atoms with Crippen LogP contribution in [0.4, 0.5) is 5.69 Å². The summed E-state index contributed by atoms with van der Waals surface area (Å²) in [4.78, 5) is 30.4. The van der Waals surface area contributed by atoms with E-state index in [1.807, 2.05) is 23.1 Å². The number of anilines is 1. The number of allylic oxidation sites excluding steroid dienone is 2. The first-order valence-corrected chi connectivity index (χ1v) is 12.2. The van der Waals surface area contributed by atoms with Crippen molar-refractivity contribution in [2.24, 2.45) is 5.41 Å². The maximum Gasteiger partial charge on any atom is 0.255 e. The lowest BCUT2D eigenvalue weighted by Gasteiger charge is -2.38. The Kier molecular flexibility index (Phi) is 7.54. The first-order valence-electron chi connectivity index (χ1n) is 11.9. The fourth-order valence-corrected chi connectivity index (χ4v) is 5.05. The van der Waals surface area contributed by atoms with Gasteiger partial charge in [0.2, 0.25) is 5.91 Å². The number of aromatic nitrogens is 2. The van der Waals surface area contributed by atoms with Crippen LogP contribution in [0.1, 0.15) is 26.2 Å². The summed E-state index contributed by atoms with van der Waals surface area (Å²) in [5.41, 5.74) is 2.57. The molecular weight excluding hydrogens is 480 g/mol. The molecule has 36 heavy (non-hydrogen) atoms. The number of rotatable bonds is 7. The van der Waals surface area contributed by atoms with Gasteiger partial charge in [0.05, 0.1) is 31.4 Å². The van der Waals surface area contributed by atoms with Crippen LogP contribution < -0.4 is 9.64 Å². The number of hydrogen-bond acceptors (Lipinski definition) is 5. The third kappa shape index (κ3) is 4.91. The minimum absolute atomic E-state index is 0.105. The summed E-state index contributed by atoms with van der Waals surface area (Å²) in [6.45, 7) is 7.05. The maximum absolute atomic E-state index is 13.6. The molecule has 2 aromatic rings. The predicted octanol–water partition coefficient (Wildman–Crippen LogP) is 4.66. The van der Waals surface area contributed by atoms with Gasteiger partial charge < -0.3 is 19.3 Å². The van der Waals surface area contributed by atoms with E-state index in [9.17, 15) is 9.59 Å². The van der Waals surface area contributed by atoms with Crippen LogP contribution >= 0.6 is 11.6 Å². The molecule has 2 amide bonds. The SMILES string of the molecule is C=C(/C=C\C(C(=O)N1CCC2(CC1)CCN(c1ccc(-c3cn[nH]c3)c(OC)c1)C2=O)=C(/C)Cl)OC. The zero-order chi connectivity index (χ0) is 25.9. The highest BCUT2D eigenvalue weighted by Gasteiger charge is 2.49. The van der Waals surface area contributed by atoms with Gasteiger partial charge in [-0.2, -0.15) is 5.10 Å². The van der Waals surface area contributed by atoms with Crippen molar-refractivity contribution in [2.45, 2.75) is 26.2 Å². The molecule has 2 fully saturated rings. The molecule has 2 aliphatic heterocycles. The molecule has 0 atom stereocenters. The van der Waals surface area contributed by atoms with Gasteiger partial charge in [0.25, 0.3) is 5.91 Å². The zero-order valence-electron chi connectivity index (χ0n) is 20.8. The Morgan fingerprint density at radius 3 is 2.53 bits per heavy atom. The van der Waals surface area contributed by atoms with E-state index in [-0.39, 0.29) is 11.8 Å². The van der Waals surface area contributed by atoms with Crippen molar-refractivity contribution >= 4 is 29.1 Å². The lowest BCUT2D eigenvalue weighted by molar-refractivity contribution is -0.134. The van der Waals surface area contributed by atoms with E-state index < -0.39 is 5.41 Å². The number of ether oxygens (including phenoxy) is 2. The van der Waals surface area contributed by atoms with E-state index in [0.717, 1.165) is 23.2 Å². The van der Waals surface area contributed by atoms with Crippen LogP contribution in [0.5, 0.6) is 5.75 Å². The number of H-pyrrole nitrogens is 1.